The van der Waals surface area contributed by atoms with Crippen LogP contribution in [0.5, 0.6) is 0 Å². The van der Waals surface area contributed by atoms with Crippen LogP contribution in [0.2, 0.25) is 0 Å². The van der Waals surface area contributed by atoms with Crippen LogP contribution in [-0.4, -0.2) is 9.97 Å². The highest BCUT2D eigenvalue weighted by Gasteiger charge is 2.12. The number of thiophene rings is 1. The van der Waals surface area contributed by atoms with Crippen molar-refractivity contribution in [2.24, 2.45) is 5.84 Å². The van der Waals surface area contributed by atoms with E-state index in [4.69, 9.17) is 5.84 Å². The summed E-state index contributed by atoms with van der Waals surface area (Å²) < 4.78 is 0. The van der Waals surface area contributed by atoms with Gasteiger partial charge < -0.3 is 0 Å². The second-order valence-corrected chi connectivity index (χ2v) is 3.94. The molecule has 5 heteroatoms. The molecule has 0 spiro atoms. The van der Waals surface area contributed by atoms with Crippen LogP contribution in [0.25, 0.3) is 0 Å². The molecule has 2 rings (SSSR count). The second-order valence-electron chi connectivity index (χ2n) is 3.16. The van der Waals surface area contributed by atoms with Gasteiger partial charge in [0.05, 0.1) is 6.04 Å². The maximum absolute atomic E-state index is 5.49. The average molecular weight is 220 g/mol. The summed E-state index contributed by atoms with van der Waals surface area (Å²) in [5.41, 5.74) is 3.98. The summed E-state index contributed by atoms with van der Waals surface area (Å²) in [4.78, 5) is 8.36. The number of aromatic nitrogens is 2. The van der Waals surface area contributed by atoms with E-state index in [1.165, 1.54) is 5.56 Å². The van der Waals surface area contributed by atoms with Crippen molar-refractivity contribution < 1.29 is 0 Å². The van der Waals surface area contributed by atoms with Crippen molar-refractivity contribution in [1.29, 1.82) is 0 Å². The smallest absolute Gasteiger partial charge is 0.146 e. The van der Waals surface area contributed by atoms with Gasteiger partial charge in [-0.25, -0.2) is 15.4 Å². The topological polar surface area (TPSA) is 63.8 Å². The number of nitrogens with two attached hydrogens (primary N) is 1. The molecule has 2 heterocycles. The fraction of sp³-hybridized carbons (Fsp3) is 0.200. The van der Waals surface area contributed by atoms with Crippen LogP contribution in [0.1, 0.15) is 17.4 Å². The first kappa shape index (κ1) is 10.2. The monoisotopic (exact) mass is 220 g/mol. The van der Waals surface area contributed by atoms with Crippen LogP contribution in [0.3, 0.4) is 0 Å². The van der Waals surface area contributed by atoms with Crippen LogP contribution in [0.4, 0.5) is 0 Å². The Bertz CT molecular complexity index is 387. The maximum Gasteiger partial charge on any atom is 0.146 e. The van der Waals surface area contributed by atoms with E-state index < -0.39 is 0 Å². The van der Waals surface area contributed by atoms with Crippen molar-refractivity contribution in [2.45, 2.75) is 12.5 Å². The number of hydrogen-bond donors (Lipinski definition) is 2. The van der Waals surface area contributed by atoms with Gasteiger partial charge in [-0.2, -0.15) is 11.3 Å². The minimum absolute atomic E-state index is 0.0270. The van der Waals surface area contributed by atoms with E-state index in [0.29, 0.717) is 0 Å². The van der Waals surface area contributed by atoms with E-state index >= 15 is 0 Å². The molecule has 0 bridgehead atoms. The predicted octanol–water partition coefficient (Wildman–Crippen LogP) is 1.29. The van der Waals surface area contributed by atoms with Gasteiger partial charge in [0.2, 0.25) is 0 Å². The average Bonchev–Trinajstić information content (AvgIpc) is 2.80. The quantitative estimate of drug-likeness (QED) is 0.602. The summed E-state index contributed by atoms with van der Waals surface area (Å²) in [5.74, 6) is 6.22. The highest BCUT2D eigenvalue weighted by atomic mass is 32.1. The maximum atomic E-state index is 5.49. The Morgan fingerprint density at radius 2 is 2.20 bits per heavy atom. The van der Waals surface area contributed by atoms with E-state index in [9.17, 15) is 0 Å². The summed E-state index contributed by atoms with van der Waals surface area (Å²) in [7, 11) is 0. The zero-order valence-corrected chi connectivity index (χ0v) is 8.95. The van der Waals surface area contributed by atoms with Crippen molar-refractivity contribution >= 4 is 11.3 Å². The van der Waals surface area contributed by atoms with Gasteiger partial charge in [0.1, 0.15) is 5.82 Å². The van der Waals surface area contributed by atoms with E-state index in [-0.39, 0.29) is 6.04 Å². The Hall–Kier alpha value is -1.30. The lowest BCUT2D eigenvalue weighted by Gasteiger charge is -2.12. The molecular weight excluding hydrogens is 208 g/mol. The van der Waals surface area contributed by atoms with Crippen LogP contribution in [0.15, 0.2) is 35.3 Å². The molecule has 0 aliphatic heterocycles. The van der Waals surface area contributed by atoms with Gasteiger partial charge >= 0.3 is 0 Å². The van der Waals surface area contributed by atoms with Crippen molar-refractivity contribution in [1.82, 2.24) is 15.4 Å². The highest BCUT2D eigenvalue weighted by molar-refractivity contribution is 7.07. The molecule has 0 amide bonds. The molecule has 0 aliphatic carbocycles. The molecule has 78 valence electrons. The molecule has 1 unspecified atom stereocenters. The number of rotatable bonds is 4. The van der Waals surface area contributed by atoms with Crippen molar-refractivity contribution in [3.8, 4) is 0 Å². The summed E-state index contributed by atoms with van der Waals surface area (Å²) in [6.07, 6.45) is 4.25. The molecule has 2 aromatic rings. The Balaban J connectivity index is 2.12. The fourth-order valence-corrected chi connectivity index (χ4v) is 2.04. The van der Waals surface area contributed by atoms with E-state index in [0.717, 1.165) is 12.2 Å². The van der Waals surface area contributed by atoms with Crippen LogP contribution < -0.4 is 11.3 Å². The molecule has 0 saturated heterocycles. The Morgan fingerprint density at radius 1 is 1.40 bits per heavy atom. The molecule has 1 atom stereocenters. The number of hydrogen-bond acceptors (Lipinski definition) is 5. The first-order valence-corrected chi connectivity index (χ1v) is 5.58. The van der Waals surface area contributed by atoms with Gasteiger partial charge in [-0.15, -0.1) is 0 Å². The largest absolute Gasteiger partial charge is 0.271 e. The van der Waals surface area contributed by atoms with E-state index in [2.05, 4.69) is 32.2 Å². The van der Waals surface area contributed by atoms with Gasteiger partial charge in [0.15, 0.2) is 0 Å². The van der Waals surface area contributed by atoms with Gasteiger partial charge in [0.25, 0.3) is 0 Å². The van der Waals surface area contributed by atoms with Crippen molar-refractivity contribution in [3.05, 3.63) is 46.7 Å². The summed E-state index contributed by atoms with van der Waals surface area (Å²) in [5, 5.41) is 4.15. The molecule has 0 fully saturated rings. The second kappa shape index (κ2) is 4.97. The minimum atomic E-state index is -0.0270. The fourth-order valence-electron chi connectivity index (χ4n) is 1.36. The third-order valence-corrected chi connectivity index (χ3v) is 2.85. The molecule has 4 nitrogen and oxygen atoms in total. The van der Waals surface area contributed by atoms with Crippen molar-refractivity contribution in [3.63, 3.8) is 0 Å². The molecule has 0 aromatic carbocycles. The Morgan fingerprint density at radius 3 is 2.80 bits per heavy atom. The SMILES string of the molecule is NNC(Cc1ccsc1)c1ncccn1. The summed E-state index contributed by atoms with van der Waals surface area (Å²) in [6.45, 7) is 0. The summed E-state index contributed by atoms with van der Waals surface area (Å²) >= 11 is 1.68. The molecule has 0 saturated carbocycles. The molecule has 15 heavy (non-hydrogen) atoms. The normalized spacial score (nSPS) is 12.6. The first-order valence-electron chi connectivity index (χ1n) is 4.64. The third kappa shape index (κ3) is 2.59. The van der Waals surface area contributed by atoms with Gasteiger partial charge in [-0.1, -0.05) is 0 Å². The molecule has 0 radical (unpaired) electrons. The van der Waals surface area contributed by atoms with E-state index in [1.807, 2.05) is 0 Å². The number of hydrazine groups is 1. The third-order valence-electron chi connectivity index (χ3n) is 2.12. The van der Waals surface area contributed by atoms with E-state index in [1.54, 1.807) is 29.8 Å². The zero-order chi connectivity index (χ0) is 10.5. The predicted molar refractivity (Wildman–Crippen MR) is 60.1 cm³/mol. The number of nitrogens with zero attached hydrogens (tertiary/aromatic N) is 2. The summed E-state index contributed by atoms with van der Waals surface area (Å²) in [6, 6.07) is 3.85. The van der Waals surface area contributed by atoms with Crippen LogP contribution in [0, 0.1) is 0 Å². The standard InChI is InChI=1S/C10H12N4S/c11-14-9(6-8-2-5-15-7-8)10-12-3-1-4-13-10/h1-5,7,9,14H,6,11H2. The zero-order valence-electron chi connectivity index (χ0n) is 8.13. The first-order chi connectivity index (χ1) is 7.40. The highest BCUT2D eigenvalue weighted by Crippen LogP contribution is 2.15. The Kier molecular flexibility index (Phi) is 3.39. The molecule has 2 aromatic heterocycles. The lowest BCUT2D eigenvalue weighted by Crippen LogP contribution is -2.30. The number of nitrogens with one attached hydrogen (secondary N) is 1. The molecular formula is C10H12N4S. The Labute approximate surface area is 92.2 Å². The van der Waals surface area contributed by atoms with Crippen molar-refractivity contribution in [2.75, 3.05) is 0 Å². The lowest BCUT2D eigenvalue weighted by molar-refractivity contribution is 0.523. The van der Waals surface area contributed by atoms with Crippen LogP contribution in [-0.2, 0) is 6.42 Å². The minimum Gasteiger partial charge on any atom is -0.271 e. The van der Waals surface area contributed by atoms with Crippen LogP contribution >= 0.6 is 11.3 Å². The molecule has 3 N–H and O–H groups in total. The molecule has 0 aliphatic rings. The van der Waals surface area contributed by atoms with Gasteiger partial charge in [-0.05, 0) is 34.9 Å². The van der Waals surface area contributed by atoms with Gasteiger partial charge in [0, 0.05) is 12.4 Å². The lowest BCUT2D eigenvalue weighted by atomic mass is 10.1. The van der Waals surface area contributed by atoms with Gasteiger partial charge in [-0.3, -0.25) is 5.84 Å².